The van der Waals surface area contributed by atoms with Crippen molar-refractivity contribution in [1.82, 2.24) is 9.80 Å². The Morgan fingerprint density at radius 2 is 1.65 bits per heavy atom. The Labute approximate surface area is 153 Å². The predicted octanol–water partition coefficient (Wildman–Crippen LogP) is 1.19. The zero-order valence-corrected chi connectivity index (χ0v) is 15.1. The Kier molecular flexibility index (Phi) is 7.35. The van der Waals surface area contributed by atoms with Gasteiger partial charge in [-0.25, -0.2) is 4.79 Å². The molecule has 1 fully saturated rings. The number of ether oxygens (including phenoxy) is 2. The summed E-state index contributed by atoms with van der Waals surface area (Å²) in [5, 5.41) is 0. The number of nitrogens with zero attached hydrogens (tertiary/aromatic N) is 2. The topological polar surface area (TPSA) is 76.2 Å². The van der Waals surface area contributed by atoms with Gasteiger partial charge in [0.05, 0.1) is 26.2 Å². The third-order valence-corrected chi connectivity index (χ3v) is 4.29. The Morgan fingerprint density at radius 1 is 1.00 bits per heavy atom. The van der Waals surface area contributed by atoms with Crippen molar-refractivity contribution in [1.29, 1.82) is 0 Å². The lowest BCUT2D eigenvalue weighted by Gasteiger charge is -2.34. The van der Waals surface area contributed by atoms with Crippen molar-refractivity contribution in [2.45, 2.75) is 6.42 Å². The van der Waals surface area contributed by atoms with Crippen molar-refractivity contribution in [3.05, 3.63) is 41.5 Å². The van der Waals surface area contributed by atoms with Crippen molar-refractivity contribution >= 4 is 23.9 Å². The van der Waals surface area contributed by atoms with E-state index in [0.29, 0.717) is 31.6 Å². The van der Waals surface area contributed by atoms with E-state index in [1.807, 2.05) is 0 Å². The zero-order chi connectivity index (χ0) is 18.9. The third kappa shape index (κ3) is 5.70. The first kappa shape index (κ1) is 19.7. The van der Waals surface area contributed by atoms with Crippen LogP contribution in [0.4, 0.5) is 0 Å². The van der Waals surface area contributed by atoms with Crippen LogP contribution in [-0.2, 0) is 19.1 Å². The molecule has 1 heterocycles. The Hall–Kier alpha value is -2.67. The molecule has 1 aliphatic heterocycles. The number of rotatable bonds is 6. The number of methoxy groups -OCH3 is 2. The van der Waals surface area contributed by atoms with Gasteiger partial charge in [-0.2, -0.15) is 0 Å². The van der Waals surface area contributed by atoms with E-state index >= 15 is 0 Å². The monoisotopic (exact) mass is 360 g/mol. The summed E-state index contributed by atoms with van der Waals surface area (Å²) < 4.78 is 9.29. The summed E-state index contributed by atoms with van der Waals surface area (Å²) in [4.78, 5) is 38.8. The first-order chi connectivity index (χ1) is 12.5. The number of hydrogen-bond acceptors (Lipinski definition) is 6. The van der Waals surface area contributed by atoms with Crippen LogP contribution in [0.5, 0.6) is 0 Å². The standard InChI is InChI=1S/C19H24N2O5/c1-25-18(23)9-10-20-11-13-21(14-12-20)17(22)8-5-15-3-6-16(7-4-15)19(24)26-2/h3-8H,9-14H2,1-2H3. The third-order valence-electron chi connectivity index (χ3n) is 4.29. The van der Waals surface area contributed by atoms with E-state index < -0.39 is 0 Å². The Morgan fingerprint density at radius 3 is 2.23 bits per heavy atom. The molecule has 0 saturated carbocycles. The van der Waals surface area contributed by atoms with E-state index in [1.165, 1.54) is 20.3 Å². The van der Waals surface area contributed by atoms with Crippen molar-refractivity contribution in [2.75, 3.05) is 46.9 Å². The highest BCUT2D eigenvalue weighted by Gasteiger charge is 2.20. The van der Waals surface area contributed by atoms with Crippen molar-refractivity contribution in [3.8, 4) is 0 Å². The quantitative estimate of drug-likeness (QED) is 0.560. The van der Waals surface area contributed by atoms with E-state index in [1.54, 1.807) is 35.2 Å². The first-order valence-electron chi connectivity index (χ1n) is 8.48. The van der Waals surface area contributed by atoms with Gasteiger partial charge in [0.2, 0.25) is 5.91 Å². The van der Waals surface area contributed by atoms with Gasteiger partial charge in [0.25, 0.3) is 0 Å². The number of carbonyl (C=O) groups excluding carboxylic acids is 3. The van der Waals surface area contributed by atoms with Crippen LogP contribution in [0.1, 0.15) is 22.3 Å². The average Bonchev–Trinajstić information content (AvgIpc) is 2.70. The predicted molar refractivity (Wildman–Crippen MR) is 96.5 cm³/mol. The molecule has 0 unspecified atom stereocenters. The molecule has 0 aromatic heterocycles. The van der Waals surface area contributed by atoms with Crippen LogP contribution >= 0.6 is 0 Å². The lowest BCUT2D eigenvalue weighted by Crippen LogP contribution is -2.48. The van der Waals surface area contributed by atoms with Crippen LogP contribution in [-0.4, -0.2) is 74.6 Å². The highest BCUT2D eigenvalue weighted by molar-refractivity contribution is 5.92. The summed E-state index contributed by atoms with van der Waals surface area (Å²) in [5.41, 5.74) is 1.31. The molecule has 0 radical (unpaired) electrons. The van der Waals surface area contributed by atoms with Gasteiger partial charge in [-0.1, -0.05) is 12.1 Å². The summed E-state index contributed by atoms with van der Waals surface area (Å²) in [7, 11) is 2.72. The highest BCUT2D eigenvalue weighted by Crippen LogP contribution is 2.09. The second kappa shape index (κ2) is 9.72. The van der Waals surface area contributed by atoms with Crippen LogP contribution in [0.3, 0.4) is 0 Å². The fourth-order valence-corrected chi connectivity index (χ4v) is 2.66. The average molecular weight is 360 g/mol. The maximum Gasteiger partial charge on any atom is 0.337 e. The van der Waals surface area contributed by atoms with Gasteiger partial charge in [0.1, 0.15) is 0 Å². The molecule has 7 heteroatoms. The summed E-state index contributed by atoms with van der Waals surface area (Å²) in [6, 6.07) is 6.85. The fourth-order valence-electron chi connectivity index (χ4n) is 2.66. The molecule has 1 aromatic carbocycles. The summed E-state index contributed by atoms with van der Waals surface area (Å²) >= 11 is 0. The Bertz CT molecular complexity index is 661. The molecule has 7 nitrogen and oxygen atoms in total. The zero-order valence-electron chi connectivity index (χ0n) is 15.1. The minimum Gasteiger partial charge on any atom is -0.469 e. The molecule has 1 amide bonds. The molecule has 140 valence electrons. The molecule has 1 aliphatic rings. The highest BCUT2D eigenvalue weighted by atomic mass is 16.5. The van der Waals surface area contributed by atoms with E-state index in [0.717, 1.165) is 18.7 Å². The molecule has 0 spiro atoms. The summed E-state index contributed by atoms with van der Waals surface area (Å²) in [5.74, 6) is -0.652. The summed E-state index contributed by atoms with van der Waals surface area (Å²) in [6.45, 7) is 3.39. The van der Waals surface area contributed by atoms with Gasteiger partial charge < -0.3 is 14.4 Å². The normalized spacial score (nSPS) is 15.1. The lowest BCUT2D eigenvalue weighted by molar-refractivity contribution is -0.141. The van der Waals surface area contributed by atoms with Crippen LogP contribution in [0.25, 0.3) is 6.08 Å². The number of carbonyl (C=O) groups is 3. The van der Waals surface area contributed by atoms with Gasteiger partial charge in [-0.05, 0) is 23.8 Å². The number of hydrogen-bond donors (Lipinski definition) is 0. The molecule has 2 rings (SSSR count). The lowest BCUT2D eigenvalue weighted by atomic mass is 10.1. The first-order valence-corrected chi connectivity index (χ1v) is 8.48. The van der Waals surface area contributed by atoms with E-state index in [-0.39, 0.29) is 17.8 Å². The molecule has 0 N–H and O–H groups in total. The van der Waals surface area contributed by atoms with Gasteiger partial charge >= 0.3 is 11.9 Å². The van der Waals surface area contributed by atoms with E-state index in [9.17, 15) is 14.4 Å². The van der Waals surface area contributed by atoms with Crippen LogP contribution in [0.2, 0.25) is 0 Å². The minimum atomic E-state index is -0.387. The molecule has 0 aliphatic carbocycles. The molecule has 0 atom stereocenters. The molecule has 0 bridgehead atoms. The number of amides is 1. The second-order valence-electron chi connectivity index (χ2n) is 5.94. The maximum absolute atomic E-state index is 12.3. The largest absolute Gasteiger partial charge is 0.469 e. The maximum atomic E-state index is 12.3. The minimum absolute atomic E-state index is 0.0466. The fraction of sp³-hybridized carbons (Fsp3) is 0.421. The van der Waals surface area contributed by atoms with E-state index in [4.69, 9.17) is 0 Å². The number of benzene rings is 1. The molecule has 26 heavy (non-hydrogen) atoms. The second-order valence-corrected chi connectivity index (χ2v) is 5.94. The Balaban J connectivity index is 1.80. The van der Waals surface area contributed by atoms with Gasteiger partial charge in [-0.15, -0.1) is 0 Å². The van der Waals surface area contributed by atoms with Crippen LogP contribution in [0, 0.1) is 0 Å². The van der Waals surface area contributed by atoms with Gasteiger partial charge in [0, 0.05) is 38.8 Å². The molecular weight excluding hydrogens is 336 g/mol. The van der Waals surface area contributed by atoms with Crippen molar-refractivity contribution in [2.24, 2.45) is 0 Å². The van der Waals surface area contributed by atoms with Crippen molar-refractivity contribution in [3.63, 3.8) is 0 Å². The number of piperazine rings is 1. The molecule has 1 aromatic rings. The van der Waals surface area contributed by atoms with Crippen molar-refractivity contribution < 1.29 is 23.9 Å². The molecular formula is C19H24N2O5. The SMILES string of the molecule is COC(=O)CCN1CCN(C(=O)C=Cc2ccc(C(=O)OC)cc2)CC1. The van der Waals surface area contributed by atoms with Gasteiger partial charge in [-0.3, -0.25) is 14.5 Å². The van der Waals surface area contributed by atoms with Crippen LogP contribution < -0.4 is 0 Å². The van der Waals surface area contributed by atoms with Gasteiger partial charge in [0.15, 0.2) is 0 Å². The smallest absolute Gasteiger partial charge is 0.337 e. The number of esters is 2. The molecule has 1 saturated heterocycles. The van der Waals surface area contributed by atoms with E-state index in [2.05, 4.69) is 14.4 Å². The summed E-state index contributed by atoms with van der Waals surface area (Å²) in [6.07, 6.45) is 3.64. The van der Waals surface area contributed by atoms with Crippen LogP contribution in [0.15, 0.2) is 30.3 Å².